The van der Waals surface area contributed by atoms with Gasteiger partial charge in [0.1, 0.15) is 0 Å². The average Bonchev–Trinajstić information content (AvgIpc) is 1.79. The molecule has 0 unspecified atom stereocenters. The molecule has 0 spiro atoms. The monoisotopic (exact) mass is 184 g/mol. The van der Waals surface area contributed by atoms with Crippen LogP contribution < -0.4 is 34.7 Å². The van der Waals surface area contributed by atoms with Crippen LogP contribution in [0.4, 0.5) is 0 Å². The van der Waals surface area contributed by atoms with E-state index in [0.717, 1.165) is 19.3 Å². The first-order valence-corrected chi connectivity index (χ1v) is 3.82. The van der Waals surface area contributed by atoms with Gasteiger partial charge >= 0.3 is 29.6 Å². The molecule has 0 saturated carbocycles. The molecule has 0 fully saturated rings. The van der Waals surface area contributed by atoms with Gasteiger partial charge in [-0.2, -0.15) is 0 Å². The normalized spacial score (nSPS) is 8.58. The number of aliphatic carboxylic acids is 1. The molecule has 0 aliphatic rings. The summed E-state index contributed by atoms with van der Waals surface area (Å²) < 4.78 is 0. The third-order valence-electron chi connectivity index (χ3n) is 1.41. The van der Waals surface area contributed by atoms with Gasteiger partial charge in [0.15, 0.2) is 0 Å². The Bertz CT molecular complexity index is 104. The molecule has 0 aliphatic heterocycles. The Morgan fingerprint density at radius 1 is 1.33 bits per heavy atom. The van der Waals surface area contributed by atoms with Gasteiger partial charge in [-0.25, -0.2) is 0 Å². The summed E-state index contributed by atoms with van der Waals surface area (Å²) in [6.45, 7) is 4.28. The van der Waals surface area contributed by atoms with E-state index in [-0.39, 0.29) is 41.5 Å². The predicted octanol–water partition coefficient (Wildman–Crippen LogP) is -2.87. The molecule has 3 nitrogen and oxygen atoms in total. The van der Waals surface area contributed by atoms with Gasteiger partial charge in [-0.15, -0.1) is 0 Å². The van der Waals surface area contributed by atoms with Crippen molar-refractivity contribution >= 4 is 5.97 Å². The van der Waals surface area contributed by atoms with E-state index in [9.17, 15) is 9.90 Å². The maximum atomic E-state index is 9.93. The fourth-order valence-electron chi connectivity index (χ4n) is 0.822. The van der Waals surface area contributed by atoms with E-state index in [2.05, 4.69) is 13.8 Å². The van der Waals surface area contributed by atoms with Crippen LogP contribution in [0, 0.1) is 5.92 Å². The molecule has 12 heavy (non-hydrogen) atoms. The molecule has 0 saturated heterocycles. The number of carbonyl (C=O) groups is 1. The predicted molar refractivity (Wildman–Crippen MR) is 41.9 cm³/mol. The Morgan fingerprint density at radius 2 is 1.83 bits per heavy atom. The zero-order valence-electron chi connectivity index (χ0n) is 8.22. The van der Waals surface area contributed by atoms with Crippen molar-refractivity contribution in [1.29, 1.82) is 0 Å². The quantitative estimate of drug-likeness (QED) is 0.340. The van der Waals surface area contributed by atoms with Crippen molar-refractivity contribution in [1.82, 2.24) is 0 Å². The van der Waals surface area contributed by atoms with Gasteiger partial charge in [0.05, 0.1) is 0 Å². The Balaban J connectivity index is -0.000000405. The Hall–Kier alpha value is 0.430. The van der Waals surface area contributed by atoms with Gasteiger partial charge in [0.25, 0.3) is 0 Å². The average molecular weight is 184 g/mol. The fourth-order valence-corrected chi connectivity index (χ4v) is 0.822. The Labute approximate surface area is 96.1 Å². The second-order valence-electron chi connectivity index (χ2n) is 3.01. The number of carboxylic acid groups (broad SMARTS) is 1. The summed E-state index contributed by atoms with van der Waals surface area (Å²) in [6.07, 6.45) is 3.10. The second-order valence-corrected chi connectivity index (χ2v) is 3.01. The topological polar surface area (TPSA) is 71.6 Å². The van der Waals surface area contributed by atoms with E-state index in [1.807, 2.05) is 0 Å². The molecule has 0 aliphatic carbocycles. The summed E-state index contributed by atoms with van der Waals surface area (Å²) in [5, 5.41) is 9.93. The number of hydrogen-bond donors (Lipinski definition) is 0. The first-order valence-electron chi connectivity index (χ1n) is 3.82. The SMILES string of the molecule is CC(C)CCCCC(=O)[O-].O.[Na+]. The minimum Gasteiger partial charge on any atom is -0.550 e. The summed E-state index contributed by atoms with van der Waals surface area (Å²) in [6, 6.07) is 0. The van der Waals surface area contributed by atoms with E-state index >= 15 is 0 Å². The van der Waals surface area contributed by atoms with Crippen molar-refractivity contribution in [2.75, 3.05) is 0 Å². The van der Waals surface area contributed by atoms with Crippen LogP contribution in [0.15, 0.2) is 0 Å². The maximum absolute atomic E-state index is 9.93. The molecule has 0 aromatic rings. The van der Waals surface area contributed by atoms with Crippen LogP contribution in [0.2, 0.25) is 0 Å². The molecule has 2 N–H and O–H groups in total. The van der Waals surface area contributed by atoms with Gasteiger partial charge in [-0.1, -0.05) is 26.7 Å². The van der Waals surface area contributed by atoms with Crippen LogP contribution in [-0.4, -0.2) is 11.4 Å². The summed E-state index contributed by atoms with van der Waals surface area (Å²) in [5.41, 5.74) is 0. The molecule has 0 amide bonds. The summed E-state index contributed by atoms with van der Waals surface area (Å²) >= 11 is 0. The number of carbonyl (C=O) groups excluding carboxylic acids is 1. The molecule has 0 atom stereocenters. The number of carboxylic acids is 1. The third kappa shape index (κ3) is 16.8. The Morgan fingerprint density at radius 3 is 2.17 bits per heavy atom. The first-order chi connectivity index (χ1) is 4.63. The van der Waals surface area contributed by atoms with Crippen LogP contribution in [0.5, 0.6) is 0 Å². The van der Waals surface area contributed by atoms with Gasteiger partial charge in [-0.3, -0.25) is 0 Å². The van der Waals surface area contributed by atoms with Crippen molar-refractivity contribution < 1.29 is 44.9 Å². The molecular formula is C8H17NaO3. The van der Waals surface area contributed by atoms with Crippen LogP contribution in [0.1, 0.15) is 39.5 Å². The van der Waals surface area contributed by atoms with Gasteiger partial charge in [-0.05, 0) is 18.8 Å². The van der Waals surface area contributed by atoms with E-state index in [1.54, 1.807) is 0 Å². The molecule has 0 aromatic carbocycles. The summed E-state index contributed by atoms with van der Waals surface area (Å²) in [7, 11) is 0. The van der Waals surface area contributed by atoms with Gasteiger partial charge < -0.3 is 15.4 Å². The smallest absolute Gasteiger partial charge is 0.550 e. The zero-order valence-corrected chi connectivity index (χ0v) is 10.2. The number of rotatable bonds is 5. The van der Waals surface area contributed by atoms with Crippen molar-refractivity contribution in [3.63, 3.8) is 0 Å². The number of unbranched alkanes of at least 4 members (excludes halogenated alkanes) is 1. The van der Waals surface area contributed by atoms with Crippen LogP contribution in [-0.2, 0) is 4.79 Å². The molecule has 68 valence electrons. The van der Waals surface area contributed by atoms with Crippen LogP contribution in [0.3, 0.4) is 0 Å². The standard InChI is InChI=1S/C8H16O2.Na.H2O/c1-7(2)5-3-4-6-8(9)10;;/h7H,3-6H2,1-2H3,(H,9,10);;1H2/q;+1;/p-1. The van der Waals surface area contributed by atoms with Crippen molar-refractivity contribution in [3.05, 3.63) is 0 Å². The minimum absolute atomic E-state index is 0. The minimum atomic E-state index is -0.927. The van der Waals surface area contributed by atoms with E-state index in [0.29, 0.717) is 5.92 Å². The second kappa shape index (κ2) is 11.4. The van der Waals surface area contributed by atoms with Gasteiger partial charge in [0, 0.05) is 5.97 Å². The van der Waals surface area contributed by atoms with Gasteiger partial charge in [0.2, 0.25) is 0 Å². The molecule has 0 rings (SSSR count). The largest absolute Gasteiger partial charge is 1.00 e. The maximum Gasteiger partial charge on any atom is 1.00 e. The molecule has 0 bridgehead atoms. The first kappa shape index (κ1) is 18.3. The molecule has 0 radical (unpaired) electrons. The fraction of sp³-hybridized carbons (Fsp3) is 0.875. The molecular weight excluding hydrogens is 167 g/mol. The van der Waals surface area contributed by atoms with Crippen LogP contribution >= 0.6 is 0 Å². The van der Waals surface area contributed by atoms with Crippen LogP contribution in [0.25, 0.3) is 0 Å². The van der Waals surface area contributed by atoms with E-state index in [1.165, 1.54) is 0 Å². The number of hydrogen-bond acceptors (Lipinski definition) is 2. The summed E-state index contributed by atoms with van der Waals surface area (Å²) in [4.78, 5) is 9.93. The molecule has 4 heteroatoms. The van der Waals surface area contributed by atoms with Crippen molar-refractivity contribution in [2.24, 2.45) is 5.92 Å². The Kier molecular flexibility index (Phi) is 17.4. The molecule has 0 heterocycles. The molecule has 0 aromatic heterocycles. The van der Waals surface area contributed by atoms with E-state index < -0.39 is 5.97 Å². The summed E-state index contributed by atoms with van der Waals surface area (Å²) in [5.74, 6) is -0.245. The van der Waals surface area contributed by atoms with Crippen molar-refractivity contribution in [3.8, 4) is 0 Å². The third-order valence-corrected chi connectivity index (χ3v) is 1.41. The van der Waals surface area contributed by atoms with E-state index in [4.69, 9.17) is 0 Å². The van der Waals surface area contributed by atoms with Crippen molar-refractivity contribution in [2.45, 2.75) is 39.5 Å². The zero-order chi connectivity index (χ0) is 7.98.